The minimum atomic E-state index is -0.367. The summed E-state index contributed by atoms with van der Waals surface area (Å²) in [6.07, 6.45) is 0. The van der Waals surface area contributed by atoms with Gasteiger partial charge in [0, 0.05) is 19.8 Å². The van der Waals surface area contributed by atoms with Gasteiger partial charge in [0.2, 0.25) is 0 Å². The lowest BCUT2D eigenvalue weighted by atomic mass is 10.2. The van der Waals surface area contributed by atoms with Gasteiger partial charge in [-0.1, -0.05) is 0 Å². The Morgan fingerprint density at radius 1 is 1.36 bits per heavy atom. The van der Waals surface area contributed by atoms with Crippen molar-refractivity contribution in [3.8, 4) is 5.75 Å². The van der Waals surface area contributed by atoms with Gasteiger partial charge in [-0.15, -0.1) is 0 Å². The number of amides is 2. The zero-order chi connectivity index (χ0) is 10.6. The fourth-order valence-corrected chi connectivity index (χ4v) is 0.976. The summed E-state index contributed by atoms with van der Waals surface area (Å²) in [6.45, 7) is 0. The molecule has 0 aromatic heterocycles. The second-order valence-electron chi connectivity index (χ2n) is 2.69. The van der Waals surface area contributed by atoms with Crippen molar-refractivity contribution >= 4 is 17.4 Å². The molecule has 5 nitrogen and oxygen atoms in total. The van der Waals surface area contributed by atoms with Gasteiger partial charge in [-0.05, 0) is 18.2 Å². The predicted molar refractivity (Wildman–Crippen MR) is 55.7 cm³/mol. The molecule has 0 spiro atoms. The SMILES string of the molecule is CNC(=O)Nc1cc(NC)ccc1O. The predicted octanol–water partition coefficient (Wildman–Crippen LogP) is 1.19. The lowest BCUT2D eigenvalue weighted by Gasteiger charge is -2.08. The van der Waals surface area contributed by atoms with Crippen molar-refractivity contribution in [2.24, 2.45) is 0 Å². The molecule has 0 bridgehead atoms. The molecule has 1 rings (SSSR count). The Balaban J connectivity index is 2.89. The Hall–Kier alpha value is -1.91. The van der Waals surface area contributed by atoms with Crippen LogP contribution in [0.4, 0.5) is 16.2 Å². The highest BCUT2D eigenvalue weighted by molar-refractivity contribution is 5.91. The molecule has 0 heterocycles. The van der Waals surface area contributed by atoms with Gasteiger partial charge in [0.15, 0.2) is 0 Å². The summed E-state index contributed by atoms with van der Waals surface area (Å²) in [4.78, 5) is 11.0. The van der Waals surface area contributed by atoms with E-state index in [9.17, 15) is 9.90 Å². The first-order chi connectivity index (χ1) is 6.67. The van der Waals surface area contributed by atoms with Crippen molar-refractivity contribution in [1.82, 2.24) is 5.32 Å². The lowest BCUT2D eigenvalue weighted by molar-refractivity contribution is 0.254. The van der Waals surface area contributed by atoms with Crippen LogP contribution in [-0.4, -0.2) is 25.2 Å². The first-order valence-electron chi connectivity index (χ1n) is 4.17. The number of nitrogens with one attached hydrogen (secondary N) is 3. The molecular weight excluding hydrogens is 182 g/mol. The van der Waals surface area contributed by atoms with Crippen LogP contribution in [0.2, 0.25) is 0 Å². The van der Waals surface area contributed by atoms with Crippen LogP contribution in [0.3, 0.4) is 0 Å². The second kappa shape index (κ2) is 4.36. The monoisotopic (exact) mass is 195 g/mol. The number of carbonyl (C=O) groups is 1. The van der Waals surface area contributed by atoms with Gasteiger partial charge in [0.25, 0.3) is 0 Å². The third-order valence-electron chi connectivity index (χ3n) is 1.76. The van der Waals surface area contributed by atoms with E-state index < -0.39 is 0 Å². The fraction of sp³-hybridized carbons (Fsp3) is 0.222. The van der Waals surface area contributed by atoms with E-state index in [0.717, 1.165) is 5.69 Å². The van der Waals surface area contributed by atoms with E-state index in [1.54, 1.807) is 19.2 Å². The van der Waals surface area contributed by atoms with E-state index in [4.69, 9.17) is 0 Å². The molecule has 0 atom stereocenters. The maximum Gasteiger partial charge on any atom is 0.319 e. The Kier molecular flexibility index (Phi) is 3.17. The summed E-state index contributed by atoms with van der Waals surface area (Å²) >= 11 is 0. The number of anilines is 2. The highest BCUT2D eigenvalue weighted by Gasteiger charge is 2.04. The van der Waals surface area contributed by atoms with Crippen molar-refractivity contribution in [2.75, 3.05) is 24.7 Å². The molecule has 2 amide bonds. The van der Waals surface area contributed by atoms with Gasteiger partial charge >= 0.3 is 6.03 Å². The van der Waals surface area contributed by atoms with Crippen LogP contribution in [0, 0.1) is 0 Å². The molecule has 0 aliphatic heterocycles. The minimum absolute atomic E-state index is 0.0348. The van der Waals surface area contributed by atoms with Crippen LogP contribution in [0.1, 0.15) is 0 Å². The third-order valence-corrected chi connectivity index (χ3v) is 1.76. The molecule has 0 aliphatic carbocycles. The topological polar surface area (TPSA) is 73.4 Å². The number of benzene rings is 1. The molecule has 14 heavy (non-hydrogen) atoms. The Bertz CT molecular complexity index is 339. The largest absolute Gasteiger partial charge is 0.506 e. The average Bonchev–Trinajstić information content (AvgIpc) is 2.21. The number of hydrogen-bond donors (Lipinski definition) is 4. The van der Waals surface area contributed by atoms with E-state index in [-0.39, 0.29) is 11.8 Å². The van der Waals surface area contributed by atoms with Crippen LogP contribution in [0.5, 0.6) is 5.75 Å². The van der Waals surface area contributed by atoms with Gasteiger partial charge < -0.3 is 21.1 Å². The highest BCUT2D eigenvalue weighted by atomic mass is 16.3. The van der Waals surface area contributed by atoms with Crippen molar-refractivity contribution in [3.05, 3.63) is 18.2 Å². The maximum absolute atomic E-state index is 11.0. The highest BCUT2D eigenvalue weighted by Crippen LogP contribution is 2.26. The van der Waals surface area contributed by atoms with Crippen molar-refractivity contribution in [1.29, 1.82) is 0 Å². The van der Waals surface area contributed by atoms with Crippen molar-refractivity contribution in [3.63, 3.8) is 0 Å². The summed E-state index contributed by atoms with van der Waals surface area (Å²) in [5, 5.41) is 17.2. The van der Waals surface area contributed by atoms with Gasteiger partial charge in [-0.2, -0.15) is 0 Å². The van der Waals surface area contributed by atoms with Crippen molar-refractivity contribution in [2.45, 2.75) is 0 Å². The quantitative estimate of drug-likeness (QED) is 0.423. The Morgan fingerprint density at radius 3 is 2.64 bits per heavy atom. The normalized spacial score (nSPS) is 9.29. The summed E-state index contributed by atoms with van der Waals surface area (Å²) in [5.74, 6) is 0.0348. The maximum atomic E-state index is 11.0. The molecule has 0 fully saturated rings. The molecule has 4 N–H and O–H groups in total. The second-order valence-corrected chi connectivity index (χ2v) is 2.69. The Morgan fingerprint density at radius 2 is 2.07 bits per heavy atom. The Labute approximate surface area is 82.1 Å². The summed E-state index contributed by atoms with van der Waals surface area (Å²) in [6, 6.07) is 4.50. The summed E-state index contributed by atoms with van der Waals surface area (Å²) in [5.41, 5.74) is 1.19. The lowest BCUT2D eigenvalue weighted by Crippen LogP contribution is -2.24. The molecule has 0 aliphatic rings. The van der Waals surface area contributed by atoms with Crippen molar-refractivity contribution < 1.29 is 9.90 Å². The molecule has 76 valence electrons. The molecule has 0 radical (unpaired) electrons. The number of aromatic hydroxyl groups is 1. The van der Waals surface area contributed by atoms with E-state index in [2.05, 4.69) is 16.0 Å². The van der Waals surface area contributed by atoms with Crippen LogP contribution >= 0.6 is 0 Å². The molecule has 0 unspecified atom stereocenters. The van der Waals surface area contributed by atoms with Gasteiger partial charge in [-0.3, -0.25) is 0 Å². The zero-order valence-corrected chi connectivity index (χ0v) is 8.09. The van der Waals surface area contributed by atoms with E-state index >= 15 is 0 Å². The van der Waals surface area contributed by atoms with E-state index in [1.807, 2.05) is 0 Å². The summed E-state index contributed by atoms with van der Waals surface area (Å²) in [7, 11) is 3.27. The standard InChI is InChI=1S/C9H13N3O2/c1-10-6-3-4-8(13)7(5-6)12-9(14)11-2/h3-5,10,13H,1-2H3,(H2,11,12,14). The van der Waals surface area contributed by atoms with Crippen LogP contribution < -0.4 is 16.0 Å². The van der Waals surface area contributed by atoms with E-state index in [0.29, 0.717) is 5.69 Å². The number of phenols is 1. The number of urea groups is 1. The van der Waals surface area contributed by atoms with Gasteiger partial charge in [0.1, 0.15) is 5.75 Å². The number of phenolic OH excluding ortho intramolecular Hbond substituents is 1. The average molecular weight is 195 g/mol. The molecule has 0 saturated carbocycles. The molecule has 5 heteroatoms. The van der Waals surface area contributed by atoms with Crippen LogP contribution in [0.15, 0.2) is 18.2 Å². The van der Waals surface area contributed by atoms with Crippen LogP contribution in [0.25, 0.3) is 0 Å². The van der Waals surface area contributed by atoms with Crippen LogP contribution in [-0.2, 0) is 0 Å². The number of hydrogen-bond acceptors (Lipinski definition) is 3. The minimum Gasteiger partial charge on any atom is -0.506 e. The first kappa shape index (κ1) is 10.2. The summed E-state index contributed by atoms with van der Waals surface area (Å²) < 4.78 is 0. The number of carbonyl (C=O) groups excluding carboxylic acids is 1. The zero-order valence-electron chi connectivity index (χ0n) is 8.09. The van der Waals surface area contributed by atoms with Gasteiger partial charge in [-0.25, -0.2) is 4.79 Å². The fourth-order valence-electron chi connectivity index (χ4n) is 0.976. The molecule has 1 aromatic carbocycles. The third kappa shape index (κ3) is 2.29. The smallest absolute Gasteiger partial charge is 0.319 e. The molecular formula is C9H13N3O2. The van der Waals surface area contributed by atoms with Gasteiger partial charge in [0.05, 0.1) is 5.69 Å². The number of rotatable bonds is 2. The first-order valence-corrected chi connectivity index (χ1v) is 4.17. The molecule has 0 saturated heterocycles. The molecule has 1 aromatic rings. The van der Waals surface area contributed by atoms with E-state index in [1.165, 1.54) is 13.1 Å².